The van der Waals surface area contributed by atoms with Crippen LogP contribution in [-0.4, -0.2) is 22.3 Å². The third-order valence-electron chi connectivity index (χ3n) is 2.80. The maximum Gasteiger partial charge on any atom is 0.137 e. The summed E-state index contributed by atoms with van der Waals surface area (Å²) in [4.78, 5) is 9.61. The number of hydrogen-bond acceptors (Lipinski definition) is 4. The van der Waals surface area contributed by atoms with E-state index in [0.717, 1.165) is 36.5 Å². The van der Waals surface area contributed by atoms with Crippen molar-refractivity contribution in [3.63, 3.8) is 0 Å². The van der Waals surface area contributed by atoms with Crippen LogP contribution < -0.4 is 5.32 Å². The maximum atomic E-state index is 6.12. The summed E-state index contributed by atoms with van der Waals surface area (Å²) in [7, 11) is 0. The molecule has 0 atom stereocenters. The molecule has 20 heavy (non-hydrogen) atoms. The average Bonchev–Trinajstić information content (AvgIpc) is 2.48. The van der Waals surface area contributed by atoms with E-state index in [1.54, 1.807) is 0 Å². The number of rotatable bonds is 7. The second-order valence-corrected chi connectivity index (χ2v) is 5.86. The predicted octanol–water partition coefficient (Wildman–Crippen LogP) is 4.29. The van der Waals surface area contributed by atoms with E-state index in [1.165, 1.54) is 11.2 Å². The van der Waals surface area contributed by atoms with E-state index in [1.807, 2.05) is 17.8 Å². The Kier molecular flexibility index (Phi) is 6.15. The summed E-state index contributed by atoms with van der Waals surface area (Å²) >= 11 is 7.94. The molecule has 0 radical (unpaired) electrons. The van der Waals surface area contributed by atoms with Gasteiger partial charge in [0.1, 0.15) is 17.3 Å². The highest BCUT2D eigenvalue weighted by Crippen LogP contribution is 2.22. The normalized spacial score (nSPS) is 10.5. The van der Waals surface area contributed by atoms with Gasteiger partial charge in [-0.25, -0.2) is 9.97 Å². The molecule has 0 amide bonds. The SMILES string of the molecule is CCCc1c(Cl)ncnc1NCCSc1ccccc1. The van der Waals surface area contributed by atoms with Crippen LogP contribution in [0.2, 0.25) is 5.15 Å². The third-order valence-corrected chi connectivity index (χ3v) is 4.14. The molecule has 0 aliphatic carbocycles. The number of anilines is 1. The van der Waals surface area contributed by atoms with Gasteiger partial charge in [-0.3, -0.25) is 0 Å². The Morgan fingerprint density at radius 2 is 2.00 bits per heavy atom. The number of halogens is 1. The fourth-order valence-corrected chi connectivity index (χ4v) is 2.89. The van der Waals surface area contributed by atoms with Crippen molar-refractivity contribution in [1.29, 1.82) is 0 Å². The molecule has 2 aromatic rings. The van der Waals surface area contributed by atoms with Crippen LogP contribution in [0.25, 0.3) is 0 Å². The van der Waals surface area contributed by atoms with Crippen LogP contribution in [0.1, 0.15) is 18.9 Å². The molecule has 0 aliphatic rings. The van der Waals surface area contributed by atoms with E-state index in [-0.39, 0.29) is 0 Å². The van der Waals surface area contributed by atoms with Crippen molar-refractivity contribution in [2.45, 2.75) is 24.7 Å². The first-order chi connectivity index (χ1) is 9.81. The molecule has 1 heterocycles. The summed E-state index contributed by atoms with van der Waals surface area (Å²) in [5.74, 6) is 1.84. The first-order valence-corrected chi connectivity index (χ1v) is 8.08. The number of nitrogens with zero attached hydrogens (tertiary/aromatic N) is 2. The molecular weight excluding hydrogens is 290 g/mol. The molecule has 1 aromatic carbocycles. The van der Waals surface area contributed by atoms with Gasteiger partial charge >= 0.3 is 0 Å². The van der Waals surface area contributed by atoms with Crippen LogP contribution in [0.15, 0.2) is 41.6 Å². The molecule has 0 saturated heterocycles. The zero-order valence-corrected chi connectivity index (χ0v) is 13.0. The fourth-order valence-electron chi connectivity index (χ4n) is 1.87. The minimum atomic E-state index is 0.556. The van der Waals surface area contributed by atoms with Crippen molar-refractivity contribution in [2.24, 2.45) is 0 Å². The van der Waals surface area contributed by atoms with Crippen molar-refractivity contribution < 1.29 is 0 Å². The van der Waals surface area contributed by atoms with E-state index >= 15 is 0 Å². The standard InChI is InChI=1S/C15H18ClN3S/c1-2-6-13-14(16)18-11-19-15(13)17-9-10-20-12-7-4-3-5-8-12/h3-5,7-8,11H,2,6,9-10H2,1H3,(H,17,18,19). The minimum absolute atomic E-state index is 0.556. The summed E-state index contributed by atoms with van der Waals surface area (Å²) in [6.07, 6.45) is 3.43. The zero-order chi connectivity index (χ0) is 14.2. The van der Waals surface area contributed by atoms with Gasteiger partial charge in [-0.15, -0.1) is 11.8 Å². The summed E-state index contributed by atoms with van der Waals surface area (Å²) in [6, 6.07) is 10.4. The summed E-state index contributed by atoms with van der Waals surface area (Å²) in [6.45, 7) is 2.97. The van der Waals surface area contributed by atoms with Gasteiger partial charge in [0, 0.05) is 22.8 Å². The van der Waals surface area contributed by atoms with Gasteiger partial charge in [0.15, 0.2) is 0 Å². The Morgan fingerprint density at radius 3 is 2.75 bits per heavy atom. The number of benzene rings is 1. The summed E-state index contributed by atoms with van der Waals surface area (Å²) in [5.41, 5.74) is 1.02. The average molecular weight is 308 g/mol. The van der Waals surface area contributed by atoms with E-state index in [0.29, 0.717) is 5.15 Å². The lowest BCUT2D eigenvalue weighted by Gasteiger charge is -2.11. The van der Waals surface area contributed by atoms with Crippen LogP contribution in [-0.2, 0) is 6.42 Å². The van der Waals surface area contributed by atoms with E-state index in [2.05, 4.69) is 46.5 Å². The Balaban J connectivity index is 1.86. The van der Waals surface area contributed by atoms with Crippen LogP contribution >= 0.6 is 23.4 Å². The minimum Gasteiger partial charge on any atom is -0.369 e. The van der Waals surface area contributed by atoms with Crippen LogP contribution in [0.3, 0.4) is 0 Å². The quantitative estimate of drug-likeness (QED) is 0.470. The first kappa shape index (κ1) is 15.1. The van der Waals surface area contributed by atoms with Crippen molar-refractivity contribution in [3.8, 4) is 0 Å². The lowest BCUT2D eigenvalue weighted by molar-refractivity contribution is 0.899. The third kappa shape index (κ3) is 4.39. The van der Waals surface area contributed by atoms with Crippen LogP contribution in [0, 0.1) is 0 Å². The van der Waals surface area contributed by atoms with Crippen molar-refractivity contribution >= 4 is 29.2 Å². The molecule has 0 unspecified atom stereocenters. The molecule has 1 aromatic heterocycles. The smallest absolute Gasteiger partial charge is 0.137 e. The van der Waals surface area contributed by atoms with Crippen molar-refractivity contribution in [2.75, 3.05) is 17.6 Å². The Bertz CT molecular complexity index is 534. The highest BCUT2D eigenvalue weighted by atomic mass is 35.5. The fraction of sp³-hybridized carbons (Fsp3) is 0.333. The molecule has 1 N–H and O–H groups in total. The van der Waals surface area contributed by atoms with E-state index in [4.69, 9.17) is 11.6 Å². The lowest BCUT2D eigenvalue weighted by atomic mass is 10.2. The molecular formula is C15H18ClN3S. The Morgan fingerprint density at radius 1 is 1.20 bits per heavy atom. The number of nitrogens with one attached hydrogen (secondary N) is 1. The predicted molar refractivity (Wildman–Crippen MR) is 86.7 cm³/mol. The second kappa shape index (κ2) is 8.12. The molecule has 5 heteroatoms. The highest BCUT2D eigenvalue weighted by molar-refractivity contribution is 7.99. The topological polar surface area (TPSA) is 37.8 Å². The molecule has 3 nitrogen and oxygen atoms in total. The van der Waals surface area contributed by atoms with Gasteiger partial charge in [0.25, 0.3) is 0 Å². The van der Waals surface area contributed by atoms with Crippen molar-refractivity contribution in [3.05, 3.63) is 47.4 Å². The zero-order valence-electron chi connectivity index (χ0n) is 11.5. The Hall–Kier alpha value is -1.26. The number of thioether (sulfide) groups is 1. The summed E-state index contributed by atoms with van der Waals surface area (Å²) in [5, 5.41) is 3.91. The van der Waals surface area contributed by atoms with E-state index in [9.17, 15) is 0 Å². The molecule has 0 aliphatic heterocycles. The molecule has 0 spiro atoms. The monoisotopic (exact) mass is 307 g/mol. The van der Waals surface area contributed by atoms with Gasteiger partial charge in [-0.2, -0.15) is 0 Å². The maximum absolute atomic E-state index is 6.12. The molecule has 0 bridgehead atoms. The largest absolute Gasteiger partial charge is 0.369 e. The van der Waals surface area contributed by atoms with Gasteiger partial charge in [-0.05, 0) is 18.6 Å². The second-order valence-electron chi connectivity index (χ2n) is 4.33. The van der Waals surface area contributed by atoms with Crippen molar-refractivity contribution in [1.82, 2.24) is 9.97 Å². The molecule has 106 valence electrons. The first-order valence-electron chi connectivity index (χ1n) is 6.72. The molecule has 0 saturated carbocycles. The van der Waals surface area contributed by atoms with Gasteiger partial charge in [0.05, 0.1) is 0 Å². The van der Waals surface area contributed by atoms with Crippen LogP contribution in [0.5, 0.6) is 0 Å². The van der Waals surface area contributed by atoms with E-state index < -0.39 is 0 Å². The Labute approximate surface area is 129 Å². The highest BCUT2D eigenvalue weighted by Gasteiger charge is 2.08. The van der Waals surface area contributed by atoms with Gasteiger partial charge in [-0.1, -0.05) is 43.1 Å². The molecule has 0 fully saturated rings. The van der Waals surface area contributed by atoms with Gasteiger partial charge in [0.2, 0.25) is 0 Å². The summed E-state index contributed by atoms with van der Waals surface area (Å²) < 4.78 is 0. The van der Waals surface area contributed by atoms with Gasteiger partial charge < -0.3 is 5.32 Å². The van der Waals surface area contributed by atoms with Crippen LogP contribution in [0.4, 0.5) is 5.82 Å². The lowest BCUT2D eigenvalue weighted by Crippen LogP contribution is -2.09. The number of aromatic nitrogens is 2. The molecule has 2 rings (SSSR count). The number of hydrogen-bond donors (Lipinski definition) is 1.